The summed E-state index contributed by atoms with van der Waals surface area (Å²) in [5, 5.41) is 5.94. The number of para-hydroxylation sites is 1. The summed E-state index contributed by atoms with van der Waals surface area (Å²) in [6, 6.07) is 16.5. The maximum absolute atomic E-state index is 12.8. The average molecular weight is 441 g/mol. The van der Waals surface area contributed by atoms with Gasteiger partial charge in [0.1, 0.15) is 5.52 Å². The van der Waals surface area contributed by atoms with E-state index in [1.54, 1.807) is 36.5 Å². The van der Waals surface area contributed by atoms with E-state index in [2.05, 4.69) is 25.6 Å². The van der Waals surface area contributed by atoms with Crippen molar-refractivity contribution in [2.45, 2.75) is 0 Å². The molecule has 0 aliphatic rings. The van der Waals surface area contributed by atoms with Gasteiger partial charge in [-0.15, -0.1) is 0 Å². The molecule has 0 saturated carbocycles. The molecule has 0 spiro atoms. The first-order valence-electron chi connectivity index (χ1n) is 10.3. The van der Waals surface area contributed by atoms with Crippen LogP contribution < -0.4 is 16.2 Å². The minimum absolute atomic E-state index is 0.252. The summed E-state index contributed by atoms with van der Waals surface area (Å²) in [6.07, 6.45) is 6.05. The maximum Gasteiger partial charge on any atom is 0.275 e. The fourth-order valence-corrected chi connectivity index (χ4v) is 3.15. The van der Waals surface area contributed by atoms with Crippen LogP contribution in [-0.2, 0) is 4.79 Å². The summed E-state index contributed by atoms with van der Waals surface area (Å²) in [5.41, 5.74) is 2.40. The number of aromatic nitrogens is 4. The lowest BCUT2D eigenvalue weighted by atomic mass is 10.2. The van der Waals surface area contributed by atoms with E-state index in [9.17, 15) is 9.59 Å². The number of hydrogen-bond acceptors (Lipinski definition) is 7. The molecule has 4 rings (SSSR count). The Balaban J connectivity index is 1.67. The van der Waals surface area contributed by atoms with Crippen LogP contribution in [0.1, 0.15) is 0 Å². The van der Waals surface area contributed by atoms with Crippen molar-refractivity contribution in [1.82, 2.24) is 24.4 Å². The molecule has 0 atom stereocenters. The zero-order valence-electron chi connectivity index (χ0n) is 18.3. The number of anilines is 3. The van der Waals surface area contributed by atoms with Gasteiger partial charge < -0.3 is 15.5 Å². The fraction of sp³-hybridized carbons (Fsp3) is 0.125. The van der Waals surface area contributed by atoms with Crippen molar-refractivity contribution in [2.24, 2.45) is 0 Å². The van der Waals surface area contributed by atoms with Crippen molar-refractivity contribution in [3.63, 3.8) is 0 Å². The second-order valence-corrected chi connectivity index (χ2v) is 7.53. The van der Waals surface area contributed by atoms with Gasteiger partial charge in [0, 0.05) is 24.0 Å². The van der Waals surface area contributed by atoms with Gasteiger partial charge in [-0.2, -0.15) is 4.98 Å². The lowest BCUT2D eigenvalue weighted by Gasteiger charge is -2.12. The van der Waals surface area contributed by atoms with Gasteiger partial charge in [0.15, 0.2) is 5.65 Å². The molecule has 0 unspecified atom stereocenters. The van der Waals surface area contributed by atoms with Gasteiger partial charge >= 0.3 is 0 Å². The molecule has 0 radical (unpaired) electrons. The van der Waals surface area contributed by atoms with Crippen LogP contribution in [0.3, 0.4) is 0 Å². The first-order chi connectivity index (χ1) is 16.0. The Labute approximate surface area is 190 Å². The molecule has 0 saturated heterocycles. The van der Waals surface area contributed by atoms with Crippen LogP contribution in [0.4, 0.5) is 17.3 Å². The van der Waals surface area contributed by atoms with Crippen molar-refractivity contribution >= 4 is 34.4 Å². The van der Waals surface area contributed by atoms with E-state index >= 15 is 0 Å². The highest BCUT2D eigenvalue weighted by atomic mass is 16.1. The quantitative estimate of drug-likeness (QED) is 0.425. The minimum Gasteiger partial charge on any atom is -0.324 e. The number of rotatable bonds is 7. The van der Waals surface area contributed by atoms with E-state index in [1.165, 1.54) is 16.8 Å². The van der Waals surface area contributed by atoms with Gasteiger partial charge in [0.2, 0.25) is 11.9 Å². The Hall–Kier alpha value is -4.37. The average Bonchev–Trinajstić information content (AvgIpc) is 2.79. The van der Waals surface area contributed by atoms with Crippen molar-refractivity contribution in [3.8, 4) is 5.69 Å². The van der Waals surface area contributed by atoms with E-state index < -0.39 is 0 Å². The molecule has 33 heavy (non-hydrogen) atoms. The Morgan fingerprint density at radius 1 is 1.03 bits per heavy atom. The number of likely N-dealkylation sites (N-methyl/N-ethyl adjacent to an activating group) is 1. The molecular weight excluding hydrogens is 418 g/mol. The molecule has 9 heteroatoms. The van der Waals surface area contributed by atoms with E-state index in [4.69, 9.17) is 0 Å². The number of carbonyl (C=O) groups excluding carboxylic acids is 1. The first kappa shape index (κ1) is 21.8. The summed E-state index contributed by atoms with van der Waals surface area (Å²) in [5.74, 6) is 0.0861. The summed E-state index contributed by atoms with van der Waals surface area (Å²) in [6.45, 7) is 0.658. The van der Waals surface area contributed by atoms with Gasteiger partial charge in [-0.1, -0.05) is 30.3 Å². The third-order valence-electron chi connectivity index (χ3n) is 4.64. The first-order valence-corrected chi connectivity index (χ1v) is 10.3. The second-order valence-electron chi connectivity index (χ2n) is 7.53. The zero-order chi connectivity index (χ0) is 23.2. The second kappa shape index (κ2) is 9.84. The highest BCUT2D eigenvalue weighted by molar-refractivity contribution is 5.99. The summed E-state index contributed by atoms with van der Waals surface area (Å²) in [4.78, 5) is 39.9. The third kappa shape index (κ3) is 5.46. The number of nitrogens with zero attached hydrogens (tertiary/aromatic N) is 5. The summed E-state index contributed by atoms with van der Waals surface area (Å²) >= 11 is 0. The van der Waals surface area contributed by atoms with Crippen molar-refractivity contribution in [1.29, 1.82) is 0 Å². The van der Waals surface area contributed by atoms with Crippen LogP contribution in [0.15, 0.2) is 83.9 Å². The van der Waals surface area contributed by atoms with Crippen LogP contribution in [0.5, 0.6) is 0 Å². The van der Waals surface area contributed by atoms with Crippen molar-refractivity contribution in [2.75, 3.05) is 31.3 Å². The van der Waals surface area contributed by atoms with E-state index in [1.807, 2.05) is 49.3 Å². The Bertz CT molecular complexity index is 1360. The SMILES string of the molecule is CN(C)CC=CC(=O)Nc1cccc(-n2c(=O)cnc3cnc(Nc4ccccc4)nc32)c1. The lowest BCUT2D eigenvalue weighted by Crippen LogP contribution is -2.20. The number of fused-ring (bicyclic) bond motifs is 1. The number of carbonyl (C=O) groups is 1. The Kier molecular flexibility index (Phi) is 6.51. The van der Waals surface area contributed by atoms with E-state index in [0.29, 0.717) is 35.0 Å². The van der Waals surface area contributed by atoms with Crippen LogP contribution in [0, 0.1) is 0 Å². The molecule has 0 aliphatic heterocycles. The van der Waals surface area contributed by atoms with Gasteiger partial charge in [-0.05, 0) is 44.4 Å². The predicted octanol–water partition coefficient (Wildman–Crippen LogP) is 2.98. The molecule has 2 aromatic heterocycles. The summed E-state index contributed by atoms with van der Waals surface area (Å²) < 4.78 is 1.44. The van der Waals surface area contributed by atoms with E-state index in [-0.39, 0.29) is 11.5 Å². The van der Waals surface area contributed by atoms with Crippen molar-refractivity contribution in [3.05, 3.63) is 89.5 Å². The number of hydrogen-bond donors (Lipinski definition) is 2. The lowest BCUT2D eigenvalue weighted by molar-refractivity contribution is -0.111. The zero-order valence-corrected chi connectivity index (χ0v) is 18.3. The van der Waals surface area contributed by atoms with Crippen LogP contribution in [0.25, 0.3) is 16.9 Å². The third-order valence-corrected chi connectivity index (χ3v) is 4.64. The van der Waals surface area contributed by atoms with Gasteiger partial charge in [0.05, 0.1) is 18.1 Å². The number of nitrogens with one attached hydrogen (secondary N) is 2. The molecule has 0 bridgehead atoms. The van der Waals surface area contributed by atoms with Gasteiger partial charge in [0.25, 0.3) is 5.56 Å². The van der Waals surface area contributed by atoms with E-state index in [0.717, 1.165) is 5.69 Å². The largest absolute Gasteiger partial charge is 0.324 e. The van der Waals surface area contributed by atoms with Crippen LogP contribution >= 0.6 is 0 Å². The molecular formula is C24H23N7O2. The monoisotopic (exact) mass is 441 g/mol. The molecule has 2 heterocycles. The van der Waals surface area contributed by atoms with Gasteiger partial charge in [-0.25, -0.2) is 9.97 Å². The molecule has 4 aromatic rings. The van der Waals surface area contributed by atoms with Crippen LogP contribution in [-0.4, -0.2) is 51.0 Å². The number of benzene rings is 2. The normalized spacial score (nSPS) is 11.2. The van der Waals surface area contributed by atoms with Gasteiger partial charge in [-0.3, -0.25) is 14.2 Å². The highest BCUT2D eigenvalue weighted by Gasteiger charge is 2.11. The molecule has 166 valence electrons. The standard InChI is InChI=1S/C24H23N7O2/c1-30(2)13-7-12-21(32)27-18-10-6-11-19(14-18)31-22(33)16-25-20-15-26-24(29-23(20)31)28-17-8-4-3-5-9-17/h3-12,14-16H,13H2,1-2H3,(H,27,32)(H,26,28,29). The summed E-state index contributed by atoms with van der Waals surface area (Å²) in [7, 11) is 3.85. The molecule has 0 fully saturated rings. The molecule has 2 N–H and O–H groups in total. The molecule has 9 nitrogen and oxygen atoms in total. The smallest absolute Gasteiger partial charge is 0.275 e. The predicted molar refractivity (Wildman–Crippen MR) is 129 cm³/mol. The Morgan fingerprint density at radius 2 is 1.82 bits per heavy atom. The minimum atomic E-state index is -0.346. The maximum atomic E-state index is 12.8. The number of amides is 1. The molecule has 1 amide bonds. The highest BCUT2D eigenvalue weighted by Crippen LogP contribution is 2.19. The van der Waals surface area contributed by atoms with Crippen molar-refractivity contribution < 1.29 is 4.79 Å². The molecule has 2 aromatic carbocycles. The topological polar surface area (TPSA) is 105 Å². The Morgan fingerprint density at radius 3 is 2.61 bits per heavy atom. The molecule has 0 aliphatic carbocycles. The van der Waals surface area contributed by atoms with Crippen LogP contribution in [0.2, 0.25) is 0 Å². The fourth-order valence-electron chi connectivity index (χ4n) is 3.15.